The maximum absolute atomic E-state index is 5.26. The third-order valence-corrected chi connectivity index (χ3v) is 5.91. The van der Waals surface area contributed by atoms with Crippen LogP contribution in [0, 0.1) is 0 Å². The van der Waals surface area contributed by atoms with Crippen LogP contribution in [0.25, 0.3) is 11.1 Å². The topological polar surface area (TPSA) is 12.5 Å². The van der Waals surface area contributed by atoms with Crippen molar-refractivity contribution >= 4 is 0 Å². The van der Waals surface area contributed by atoms with Crippen LogP contribution in [0.3, 0.4) is 0 Å². The van der Waals surface area contributed by atoms with E-state index in [0.717, 1.165) is 17.8 Å². The van der Waals surface area contributed by atoms with Gasteiger partial charge in [-0.05, 0) is 80.0 Å². The lowest BCUT2D eigenvalue weighted by Crippen LogP contribution is -2.41. The van der Waals surface area contributed by atoms with Crippen LogP contribution in [0.5, 0.6) is 5.75 Å². The third kappa shape index (κ3) is 2.95. The first kappa shape index (κ1) is 15.7. The lowest BCUT2D eigenvalue weighted by atomic mass is 9.85. The zero-order chi connectivity index (χ0) is 16.5. The second kappa shape index (κ2) is 6.60. The van der Waals surface area contributed by atoms with Crippen LogP contribution in [0.2, 0.25) is 0 Å². The highest BCUT2D eigenvalue weighted by Gasteiger charge is 2.30. The molecule has 0 N–H and O–H groups in total. The molecule has 2 atom stereocenters. The van der Waals surface area contributed by atoms with E-state index in [0.29, 0.717) is 0 Å². The molecular weight excluding hydrogens is 294 g/mol. The Morgan fingerprint density at radius 3 is 2.46 bits per heavy atom. The molecular formula is C22H27NO. The fraction of sp³-hybridized carbons (Fsp3) is 0.455. The number of fused-ring (bicyclic) bond motifs is 1. The monoisotopic (exact) mass is 321 g/mol. The Labute approximate surface area is 145 Å². The van der Waals surface area contributed by atoms with Crippen molar-refractivity contribution in [2.75, 3.05) is 13.7 Å². The summed E-state index contributed by atoms with van der Waals surface area (Å²) in [4.78, 5) is 2.75. The van der Waals surface area contributed by atoms with Gasteiger partial charge in [-0.25, -0.2) is 0 Å². The Balaban J connectivity index is 1.54. The molecule has 4 rings (SSSR count). The van der Waals surface area contributed by atoms with Crippen molar-refractivity contribution in [1.82, 2.24) is 4.90 Å². The molecule has 2 heteroatoms. The average molecular weight is 321 g/mol. The smallest absolute Gasteiger partial charge is 0.118 e. The molecule has 2 aromatic rings. The molecule has 0 amide bonds. The predicted octanol–water partition coefficient (Wildman–Crippen LogP) is 4.70. The Morgan fingerprint density at radius 1 is 0.958 bits per heavy atom. The zero-order valence-corrected chi connectivity index (χ0v) is 14.8. The van der Waals surface area contributed by atoms with Gasteiger partial charge < -0.3 is 4.74 Å². The number of likely N-dealkylation sites (tertiary alicyclic amines) is 1. The quantitative estimate of drug-likeness (QED) is 0.812. The number of rotatable bonds is 3. The maximum atomic E-state index is 5.26. The molecule has 2 nitrogen and oxygen atoms in total. The lowest BCUT2D eigenvalue weighted by Gasteiger charge is -2.35. The molecule has 0 aromatic heterocycles. The molecule has 0 bridgehead atoms. The molecule has 2 aliphatic rings. The summed E-state index contributed by atoms with van der Waals surface area (Å²) in [6.07, 6.45) is 6.50. The van der Waals surface area contributed by atoms with Gasteiger partial charge in [0.25, 0.3) is 0 Å². The fourth-order valence-electron chi connectivity index (χ4n) is 4.48. The first-order valence-electron chi connectivity index (χ1n) is 9.26. The highest BCUT2D eigenvalue weighted by Crippen LogP contribution is 2.32. The molecule has 1 aliphatic heterocycles. The van der Waals surface area contributed by atoms with Crippen LogP contribution in [0.4, 0.5) is 0 Å². The molecule has 2 aromatic carbocycles. The van der Waals surface area contributed by atoms with Gasteiger partial charge in [0.1, 0.15) is 5.75 Å². The van der Waals surface area contributed by atoms with Gasteiger partial charge in [0.05, 0.1) is 7.11 Å². The largest absolute Gasteiger partial charge is 0.497 e. The minimum Gasteiger partial charge on any atom is -0.497 e. The number of benzene rings is 2. The maximum Gasteiger partial charge on any atom is 0.118 e. The van der Waals surface area contributed by atoms with Crippen molar-refractivity contribution in [3.63, 3.8) is 0 Å². The Hall–Kier alpha value is -1.80. The van der Waals surface area contributed by atoms with Gasteiger partial charge in [-0.2, -0.15) is 0 Å². The van der Waals surface area contributed by atoms with Crippen molar-refractivity contribution in [3.8, 4) is 16.9 Å². The number of aryl methyl sites for hydroxylation is 1. The molecule has 0 saturated carbocycles. The highest BCUT2D eigenvalue weighted by molar-refractivity contribution is 5.66. The van der Waals surface area contributed by atoms with Gasteiger partial charge in [0.2, 0.25) is 0 Å². The van der Waals surface area contributed by atoms with E-state index in [1.165, 1.54) is 49.8 Å². The molecule has 0 radical (unpaired) electrons. The molecule has 24 heavy (non-hydrogen) atoms. The summed E-state index contributed by atoms with van der Waals surface area (Å²) < 4.78 is 5.26. The van der Waals surface area contributed by atoms with Crippen molar-refractivity contribution < 1.29 is 4.74 Å². The Bertz CT molecular complexity index is 706. The molecule has 1 saturated heterocycles. The summed E-state index contributed by atoms with van der Waals surface area (Å²) in [6.45, 7) is 3.69. The van der Waals surface area contributed by atoms with Crippen molar-refractivity contribution in [2.45, 2.75) is 51.1 Å². The number of hydrogen-bond donors (Lipinski definition) is 0. The van der Waals surface area contributed by atoms with Crippen LogP contribution < -0.4 is 4.74 Å². The van der Waals surface area contributed by atoms with Gasteiger partial charge in [-0.1, -0.05) is 30.3 Å². The lowest BCUT2D eigenvalue weighted by molar-refractivity contribution is 0.174. The number of hydrogen-bond acceptors (Lipinski definition) is 2. The van der Waals surface area contributed by atoms with Gasteiger partial charge in [0, 0.05) is 12.1 Å². The van der Waals surface area contributed by atoms with Crippen molar-refractivity contribution in [3.05, 3.63) is 53.6 Å². The molecule has 1 aliphatic carbocycles. The zero-order valence-electron chi connectivity index (χ0n) is 14.8. The van der Waals surface area contributed by atoms with E-state index in [1.54, 1.807) is 18.2 Å². The van der Waals surface area contributed by atoms with Gasteiger partial charge in [-0.15, -0.1) is 0 Å². The van der Waals surface area contributed by atoms with E-state index in [9.17, 15) is 0 Å². The van der Waals surface area contributed by atoms with Crippen LogP contribution in [0.1, 0.15) is 37.3 Å². The van der Waals surface area contributed by atoms with E-state index in [2.05, 4.69) is 42.2 Å². The minimum atomic E-state index is 0.752. The first-order chi connectivity index (χ1) is 11.7. The Kier molecular flexibility index (Phi) is 4.32. The normalized spacial score (nSPS) is 23.9. The summed E-state index contributed by atoms with van der Waals surface area (Å²) >= 11 is 0. The predicted molar refractivity (Wildman–Crippen MR) is 99.6 cm³/mol. The van der Waals surface area contributed by atoms with E-state index >= 15 is 0 Å². The molecule has 1 heterocycles. The second-order valence-electron chi connectivity index (χ2n) is 7.34. The summed E-state index contributed by atoms with van der Waals surface area (Å²) in [7, 11) is 1.71. The number of nitrogens with zero attached hydrogens (tertiary/aromatic N) is 1. The highest BCUT2D eigenvalue weighted by atomic mass is 16.5. The fourth-order valence-corrected chi connectivity index (χ4v) is 4.48. The number of ether oxygens (including phenoxy) is 1. The third-order valence-electron chi connectivity index (χ3n) is 5.91. The van der Waals surface area contributed by atoms with E-state index < -0.39 is 0 Å². The summed E-state index contributed by atoms with van der Waals surface area (Å²) in [6, 6.07) is 17.0. The van der Waals surface area contributed by atoms with Crippen LogP contribution in [-0.4, -0.2) is 30.6 Å². The van der Waals surface area contributed by atoms with Gasteiger partial charge >= 0.3 is 0 Å². The van der Waals surface area contributed by atoms with Crippen LogP contribution >= 0.6 is 0 Å². The molecule has 2 unspecified atom stereocenters. The van der Waals surface area contributed by atoms with Crippen molar-refractivity contribution in [1.29, 1.82) is 0 Å². The standard InChI is InChI=1S/C22H27NO/c1-16-4-3-13-23(16)21-10-7-19-14-18(5-6-20(19)15-21)17-8-11-22(24-2)12-9-17/h5-6,8-9,11-12,14,16,21H,3-4,7,10,13,15H2,1-2H3. The Morgan fingerprint density at radius 2 is 1.75 bits per heavy atom. The van der Waals surface area contributed by atoms with Crippen LogP contribution in [-0.2, 0) is 12.8 Å². The SMILES string of the molecule is COc1ccc(-c2ccc3c(c2)CCC(N2CCCC2C)C3)cc1. The number of methoxy groups -OCH3 is 1. The average Bonchev–Trinajstić information content (AvgIpc) is 3.07. The first-order valence-corrected chi connectivity index (χ1v) is 9.26. The molecule has 1 fully saturated rings. The van der Waals surface area contributed by atoms with E-state index in [4.69, 9.17) is 4.74 Å². The molecule has 0 spiro atoms. The summed E-state index contributed by atoms with van der Waals surface area (Å²) in [5, 5.41) is 0. The van der Waals surface area contributed by atoms with E-state index in [1.807, 2.05) is 12.1 Å². The summed E-state index contributed by atoms with van der Waals surface area (Å²) in [5.74, 6) is 0.916. The van der Waals surface area contributed by atoms with E-state index in [-0.39, 0.29) is 0 Å². The van der Waals surface area contributed by atoms with Gasteiger partial charge in [0.15, 0.2) is 0 Å². The summed E-state index contributed by atoms with van der Waals surface area (Å²) in [5.41, 5.74) is 5.70. The minimum absolute atomic E-state index is 0.752. The van der Waals surface area contributed by atoms with Crippen LogP contribution in [0.15, 0.2) is 42.5 Å². The second-order valence-corrected chi connectivity index (χ2v) is 7.34. The molecule has 126 valence electrons. The van der Waals surface area contributed by atoms with Crippen molar-refractivity contribution in [2.24, 2.45) is 0 Å². The van der Waals surface area contributed by atoms with Gasteiger partial charge in [-0.3, -0.25) is 4.90 Å².